The van der Waals surface area contributed by atoms with Crippen LogP contribution in [0.3, 0.4) is 0 Å². The highest BCUT2D eigenvalue weighted by atomic mass is 15.3. The van der Waals surface area contributed by atoms with Gasteiger partial charge in [-0.2, -0.15) is 15.4 Å². The van der Waals surface area contributed by atoms with Crippen molar-refractivity contribution in [3.63, 3.8) is 0 Å². The Morgan fingerprint density at radius 3 is 3.18 bits per heavy atom. The molecule has 4 nitrogen and oxygen atoms in total. The van der Waals surface area contributed by atoms with Crippen molar-refractivity contribution in [1.29, 1.82) is 0 Å². The summed E-state index contributed by atoms with van der Waals surface area (Å²) in [6, 6.07) is 0. The average molecular weight is 150 g/mol. The molecule has 0 bridgehead atoms. The zero-order valence-electron chi connectivity index (χ0n) is 6.17. The maximum absolute atomic E-state index is 4.14. The Bertz CT molecular complexity index is 268. The van der Waals surface area contributed by atoms with E-state index in [-0.39, 0.29) is 0 Å². The molecule has 2 fully saturated rings. The van der Waals surface area contributed by atoms with E-state index in [1.165, 1.54) is 6.42 Å². The van der Waals surface area contributed by atoms with Gasteiger partial charge in [0.1, 0.15) is 0 Å². The summed E-state index contributed by atoms with van der Waals surface area (Å²) in [5, 5.41) is 14.0. The smallest absolute Gasteiger partial charge is 0.0902 e. The first-order valence-electron chi connectivity index (χ1n) is 3.99. The largest absolute Gasteiger partial charge is 0.315 e. The Morgan fingerprint density at radius 1 is 1.64 bits per heavy atom. The predicted octanol–water partition coefficient (Wildman–Crippen LogP) is -0.334. The standard InChI is InChI=1S/C7H10N4/c1-5-2-8-4-7(1,5)6-3-9-11-10-6/h3,5,8H,1-2,4H2,(H,9,10,11). The lowest BCUT2D eigenvalue weighted by molar-refractivity contribution is 0.653. The van der Waals surface area contributed by atoms with Crippen molar-refractivity contribution in [2.24, 2.45) is 5.92 Å². The summed E-state index contributed by atoms with van der Waals surface area (Å²) in [6.45, 7) is 2.25. The molecular weight excluding hydrogens is 140 g/mol. The molecule has 1 saturated carbocycles. The van der Waals surface area contributed by atoms with E-state index in [1.807, 2.05) is 6.20 Å². The molecule has 1 saturated heterocycles. The molecular formula is C7H10N4. The van der Waals surface area contributed by atoms with Gasteiger partial charge in [0.25, 0.3) is 0 Å². The maximum Gasteiger partial charge on any atom is 0.0902 e. The second-order valence-corrected chi connectivity index (χ2v) is 3.54. The van der Waals surface area contributed by atoms with Crippen LogP contribution in [0.4, 0.5) is 0 Å². The Balaban J connectivity index is 2.01. The van der Waals surface area contributed by atoms with E-state index in [0.717, 1.165) is 24.7 Å². The third-order valence-corrected chi connectivity index (χ3v) is 2.99. The maximum atomic E-state index is 4.14. The molecule has 2 N–H and O–H groups in total. The van der Waals surface area contributed by atoms with Crippen LogP contribution in [0.15, 0.2) is 6.20 Å². The lowest BCUT2D eigenvalue weighted by Gasteiger charge is -2.04. The molecule has 4 heteroatoms. The zero-order chi connectivity index (χ0) is 7.31. The van der Waals surface area contributed by atoms with Gasteiger partial charge in [-0.15, -0.1) is 0 Å². The number of fused-ring (bicyclic) bond motifs is 1. The highest BCUT2D eigenvalue weighted by Crippen LogP contribution is 2.55. The number of H-pyrrole nitrogens is 1. The third kappa shape index (κ3) is 0.581. The molecule has 1 aliphatic carbocycles. The van der Waals surface area contributed by atoms with Crippen molar-refractivity contribution in [3.05, 3.63) is 11.9 Å². The second-order valence-electron chi connectivity index (χ2n) is 3.54. The number of nitrogens with one attached hydrogen (secondary N) is 2. The molecule has 2 atom stereocenters. The fourth-order valence-electron chi connectivity index (χ4n) is 2.18. The number of aromatic nitrogens is 3. The molecule has 0 spiro atoms. The minimum Gasteiger partial charge on any atom is -0.315 e. The van der Waals surface area contributed by atoms with Crippen molar-refractivity contribution in [3.8, 4) is 0 Å². The molecule has 11 heavy (non-hydrogen) atoms. The fraction of sp³-hybridized carbons (Fsp3) is 0.714. The van der Waals surface area contributed by atoms with Crippen LogP contribution in [-0.2, 0) is 5.41 Å². The molecule has 1 aliphatic heterocycles. The highest BCUT2D eigenvalue weighted by Gasteiger charge is 2.59. The molecule has 3 rings (SSSR count). The Morgan fingerprint density at radius 2 is 2.64 bits per heavy atom. The predicted molar refractivity (Wildman–Crippen MR) is 39.0 cm³/mol. The molecule has 2 heterocycles. The zero-order valence-corrected chi connectivity index (χ0v) is 6.17. The number of aromatic amines is 1. The van der Waals surface area contributed by atoms with Crippen LogP contribution in [0, 0.1) is 5.92 Å². The molecule has 0 radical (unpaired) electrons. The summed E-state index contributed by atoms with van der Waals surface area (Å²) < 4.78 is 0. The Labute approximate surface area is 64.4 Å². The highest BCUT2D eigenvalue weighted by molar-refractivity contribution is 5.29. The summed E-state index contributed by atoms with van der Waals surface area (Å²) in [6.07, 6.45) is 3.15. The van der Waals surface area contributed by atoms with Gasteiger partial charge in [-0.25, -0.2) is 0 Å². The number of rotatable bonds is 1. The van der Waals surface area contributed by atoms with Crippen LogP contribution in [0.1, 0.15) is 12.1 Å². The summed E-state index contributed by atoms with van der Waals surface area (Å²) in [5.74, 6) is 0.826. The van der Waals surface area contributed by atoms with E-state index in [2.05, 4.69) is 20.7 Å². The molecule has 0 aromatic carbocycles. The van der Waals surface area contributed by atoms with Gasteiger partial charge in [-0.3, -0.25) is 0 Å². The van der Waals surface area contributed by atoms with Crippen LogP contribution in [0.5, 0.6) is 0 Å². The summed E-state index contributed by atoms with van der Waals surface area (Å²) in [4.78, 5) is 0. The van der Waals surface area contributed by atoms with Gasteiger partial charge in [0, 0.05) is 12.0 Å². The van der Waals surface area contributed by atoms with Crippen molar-refractivity contribution in [1.82, 2.24) is 20.7 Å². The van der Waals surface area contributed by atoms with Crippen LogP contribution >= 0.6 is 0 Å². The molecule has 2 unspecified atom stereocenters. The summed E-state index contributed by atoms with van der Waals surface area (Å²) >= 11 is 0. The van der Waals surface area contributed by atoms with Gasteiger partial charge in [0.15, 0.2) is 0 Å². The van der Waals surface area contributed by atoms with Crippen molar-refractivity contribution < 1.29 is 0 Å². The lowest BCUT2D eigenvalue weighted by Crippen LogP contribution is -2.19. The fourth-order valence-corrected chi connectivity index (χ4v) is 2.18. The van der Waals surface area contributed by atoms with Gasteiger partial charge < -0.3 is 5.32 Å². The molecule has 58 valence electrons. The first-order valence-corrected chi connectivity index (χ1v) is 3.99. The quantitative estimate of drug-likeness (QED) is 0.576. The average Bonchev–Trinajstić information content (AvgIpc) is 2.56. The van der Waals surface area contributed by atoms with E-state index >= 15 is 0 Å². The number of hydrogen-bond donors (Lipinski definition) is 2. The first kappa shape index (κ1) is 5.71. The second kappa shape index (κ2) is 1.64. The van der Waals surface area contributed by atoms with Gasteiger partial charge >= 0.3 is 0 Å². The Kier molecular flexibility index (Phi) is 0.850. The number of hydrogen-bond acceptors (Lipinski definition) is 3. The minimum absolute atomic E-state index is 0.368. The van der Waals surface area contributed by atoms with Crippen molar-refractivity contribution >= 4 is 0 Å². The Hall–Kier alpha value is -0.900. The van der Waals surface area contributed by atoms with Crippen LogP contribution in [-0.4, -0.2) is 28.5 Å². The lowest BCUT2D eigenvalue weighted by atomic mass is 10.0. The van der Waals surface area contributed by atoms with Crippen LogP contribution < -0.4 is 5.32 Å². The van der Waals surface area contributed by atoms with Gasteiger partial charge in [-0.1, -0.05) is 0 Å². The number of nitrogens with zero attached hydrogens (tertiary/aromatic N) is 2. The van der Waals surface area contributed by atoms with Crippen molar-refractivity contribution in [2.75, 3.05) is 13.1 Å². The van der Waals surface area contributed by atoms with Gasteiger partial charge in [0.05, 0.1) is 11.9 Å². The molecule has 2 aliphatic rings. The molecule has 1 aromatic heterocycles. The van der Waals surface area contributed by atoms with Crippen LogP contribution in [0.2, 0.25) is 0 Å². The first-order chi connectivity index (χ1) is 5.42. The topological polar surface area (TPSA) is 53.6 Å². The number of piperidine rings is 1. The summed E-state index contributed by atoms with van der Waals surface area (Å²) in [5.41, 5.74) is 1.51. The van der Waals surface area contributed by atoms with E-state index in [0.29, 0.717) is 5.41 Å². The summed E-state index contributed by atoms with van der Waals surface area (Å²) in [7, 11) is 0. The van der Waals surface area contributed by atoms with Crippen molar-refractivity contribution in [2.45, 2.75) is 11.8 Å². The SMILES string of the molecule is c1n[nH]nc1C12CNCC1C2. The van der Waals surface area contributed by atoms with Gasteiger partial charge in [0.2, 0.25) is 0 Å². The van der Waals surface area contributed by atoms with Gasteiger partial charge in [-0.05, 0) is 18.9 Å². The normalized spacial score (nSPS) is 40.5. The van der Waals surface area contributed by atoms with E-state index in [9.17, 15) is 0 Å². The minimum atomic E-state index is 0.368. The monoisotopic (exact) mass is 150 g/mol. The van der Waals surface area contributed by atoms with Crippen LogP contribution in [0.25, 0.3) is 0 Å². The molecule has 1 aromatic rings. The third-order valence-electron chi connectivity index (χ3n) is 2.99. The van der Waals surface area contributed by atoms with E-state index < -0.39 is 0 Å². The van der Waals surface area contributed by atoms with E-state index in [1.54, 1.807) is 0 Å². The van der Waals surface area contributed by atoms with E-state index in [4.69, 9.17) is 0 Å². The molecule has 0 amide bonds.